The number of carbonyl (C=O) groups is 2. The highest BCUT2D eigenvalue weighted by atomic mass is 16.5. The molecule has 3 aromatic rings. The summed E-state index contributed by atoms with van der Waals surface area (Å²) < 4.78 is 6.42. The van der Waals surface area contributed by atoms with E-state index in [4.69, 9.17) is 4.74 Å². The summed E-state index contributed by atoms with van der Waals surface area (Å²) in [5.74, 6) is -0.743. The van der Waals surface area contributed by atoms with Crippen LogP contribution in [0.25, 0.3) is 10.9 Å². The molecule has 1 atom stereocenters. The quantitative estimate of drug-likeness (QED) is 0.675. The lowest BCUT2D eigenvalue weighted by Crippen LogP contribution is -2.19. The standard InChI is InChI=1S/C20H19NO3/c1-3-15(14-9-5-4-6-10-14)19(22)21-13-17(20(23)24-2)16-11-7-8-12-18(16)21/h4-13,15H,3H2,1-2H3/t15-/m1/s1. The topological polar surface area (TPSA) is 48.3 Å². The second-order valence-corrected chi connectivity index (χ2v) is 5.63. The van der Waals surface area contributed by atoms with Crippen LogP contribution < -0.4 is 0 Å². The van der Waals surface area contributed by atoms with Crippen LogP contribution in [0.5, 0.6) is 0 Å². The summed E-state index contributed by atoms with van der Waals surface area (Å²) in [6.07, 6.45) is 2.27. The highest BCUT2D eigenvalue weighted by molar-refractivity contribution is 6.07. The highest BCUT2D eigenvalue weighted by Gasteiger charge is 2.24. The van der Waals surface area contributed by atoms with Gasteiger partial charge < -0.3 is 4.74 Å². The second kappa shape index (κ2) is 6.71. The van der Waals surface area contributed by atoms with Gasteiger partial charge in [-0.3, -0.25) is 9.36 Å². The van der Waals surface area contributed by atoms with Crippen molar-refractivity contribution in [3.8, 4) is 0 Å². The molecule has 0 fully saturated rings. The number of para-hydroxylation sites is 1. The van der Waals surface area contributed by atoms with Gasteiger partial charge in [-0.25, -0.2) is 4.79 Å². The molecule has 0 amide bonds. The summed E-state index contributed by atoms with van der Waals surface area (Å²) in [7, 11) is 1.34. The number of nitrogens with zero attached hydrogens (tertiary/aromatic N) is 1. The Morgan fingerprint density at radius 3 is 2.38 bits per heavy atom. The fourth-order valence-electron chi connectivity index (χ4n) is 3.04. The molecule has 0 aliphatic heterocycles. The van der Waals surface area contributed by atoms with Crippen LogP contribution in [0.2, 0.25) is 0 Å². The van der Waals surface area contributed by atoms with Gasteiger partial charge >= 0.3 is 5.97 Å². The molecule has 4 nitrogen and oxygen atoms in total. The van der Waals surface area contributed by atoms with Crippen LogP contribution in [0.15, 0.2) is 60.8 Å². The monoisotopic (exact) mass is 321 g/mol. The van der Waals surface area contributed by atoms with Crippen LogP contribution in [0.1, 0.15) is 40.0 Å². The normalized spacial score (nSPS) is 12.1. The first kappa shape index (κ1) is 16.0. The zero-order valence-corrected chi connectivity index (χ0v) is 13.7. The molecule has 0 unspecified atom stereocenters. The molecule has 0 N–H and O–H groups in total. The average molecular weight is 321 g/mol. The van der Waals surface area contributed by atoms with E-state index < -0.39 is 5.97 Å². The Kier molecular flexibility index (Phi) is 4.47. The van der Waals surface area contributed by atoms with Crippen LogP contribution in [-0.4, -0.2) is 23.6 Å². The zero-order chi connectivity index (χ0) is 17.1. The Bertz CT molecular complexity index is 880. The van der Waals surface area contributed by atoms with Crippen molar-refractivity contribution in [1.29, 1.82) is 0 Å². The van der Waals surface area contributed by atoms with Gasteiger partial charge in [-0.15, -0.1) is 0 Å². The Hall–Kier alpha value is -2.88. The molecule has 0 aliphatic carbocycles. The lowest BCUT2D eigenvalue weighted by molar-refractivity contribution is 0.0603. The highest BCUT2D eigenvalue weighted by Crippen LogP contribution is 2.27. The third kappa shape index (κ3) is 2.71. The summed E-state index contributed by atoms with van der Waals surface area (Å²) in [6.45, 7) is 1.99. The number of hydrogen-bond acceptors (Lipinski definition) is 3. The second-order valence-electron chi connectivity index (χ2n) is 5.63. The summed E-state index contributed by atoms with van der Waals surface area (Å²) in [4.78, 5) is 25.2. The van der Waals surface area contributed by atoms with Crippen molar-refractivity contribution < 1.29 is 14.3 Å². The molecule has 122 valence electrons. The van der Waals surface area contributed by atoms with Crippen LogP contribution in [-0.2, 0) is 4.74 Å². The first-order valence-electron chi connectivity index (χ1n) is 7.95. The number of hydrogen-bond donors (Lipinski definition) is 0. The van der Waals surface area contributed by atoms with Crippen molar-refractivity contribution in [2.45, 2.75) is 19.3 Å². The van der Waals surface area contributed by atoms with E-state index in [2.05, 4.69) is 0 Å². The van der Waals surface area contributed by atoms with E-state index in [0.717, 1.165) is 16.5 Å². The number of benzene rings is 2. The molecule has 0 spiro atoms. The van der Waals surface area contributed by atoms with Gasteiger partial charge in [-0.2, -0.15) is 0 Å². The van der Waals surface area contributed by atoms with Crippen LogP contribution in [0, 0.1) is 0 Å². The van der Waals surface area contributed by atoms with Crippen molar-refractivity contribution in [1.82, 2.24) is 4.57 Å². The molecular weight excluding hydrogens is 302 g/mol. The van der Waals surface area contributed by atoms with Gasteiger partial charge in [0.05, 0.1) is 24.1 Å². The van der Waals surface area contributed by atoms with E-state index in [1.807, 2.05) is 61.5 Å². The predicted octanol–water partition coefficient (Wildman–Crippen LogP) is 4.26. The van der Waals surface area contributed by atoms with E-state index in [0.29, 0.717) is 12.0 Å². The molecule has 0 saturated carbocycles. The Morgan fingerprint density at radius 2 is 1.71 bits per heavy atom. The number of aromatic nitrogens is 1. The number of fused-ring (bicyclic) bond motifs is 1. The average Bonchev–Trinajstić information content (AvgIpc) is 3.02. The first-order chi connectivity index (χ1) is 11.7. The van der Waals surface area contributed by atoms with Crippen molar-refractivity contribution in [3.63, 3.8) is 0 Å². The fraction of sp³-hybridized carbons (Fsp3) is 0.200. The molecule has 4 heteroatoms. The summed E-state index contributed by atoms with van der Waals surface area (Å²) in [5.41, 5.74) is 2.10. The maximum absolute atomic E-state index is 13.1. The lowest BCUT2D eigenvalue weighted by Gasteiger charge is -2.15. The maximum Gasteiger partial charge on any atom is 0.340 e. The third-order valence-corrected chi connectivity index (χ3v) is 4.26. The molecule has 0 radical (unpaired) electrons. The SMILES string of the molecule is CC[C@@H](C(=O)n1cc(C(=O)OC)c2ccccc21)c1ccccc1. The smallest absolute Gasteiger partial charge is 0.340 e. The fourth-order valence-corrected chi connectivity index (χ4v) is 3.04. The van der Waals surface area contributed by atoms with E-state index in [9.17, 15) is 9.59 Å². The molecular formula is C20H19NO3. The third-order valence-electron chi connectivity index (χ3n) is 4.26. The van der Waals surface area contributed by atoms with Crippen molar-refractivity contribution in [3.05, 3.63) is 71.9 Å². The first-order valence-corrected chi connectivity index (χ1v) is 7.95. The maximum atomic E-state index is 13.1. The van der Waals surface area contributed by atoms with Crippen molar-refractivity contribution in [2.75, 3.05) is 7.11 Å². The molecule has 1 heterocycles. The van der Waals surface area contributed by atoms with E-state index in [1.165, 1.54) is 7.11 Å². The van der Waals surface area contributed by atoms with Gasteiger partial charge in [-0.05, 0) is 18.1 Å². The molecule has 3 rings (SSSR count). The van der Waals surface area contributed by atoms with Crippen LogP contribution in [0.4, 0.5) is 0 Å². The predicted molar refractivity (Wildman–Crippen MR) is 93.4 cm³/mol. The largest absolute Gasteiger partial charge is 0.465 e. The van der Waals surface area contributed by atoms with E-state index in [-0.39, 0.29) is 11.8 Å². The van der Waals surface area contributed by atoms with Gasteiger partial charge in [0.1, 0.15) is 0 Å². The number of carbonyl (C=O) groups excluding carboxylic acids is 2. The molecule has 0 bridgehead atoms. The van der Waals surface area contributed by atoms with E-state index >= 15 is 0 Å². The van der Waals surface area contributed by atoms with Gasteiger partial charge in [-0.1, -0.05) is 55.5 Å². The van der Waals surface area contributed by atoms with Gasteiger partial charge in [0.2, 0.25) is 5.91 Å². The minimum Gasteiger partial charge on any atom is -0.465 e. The lowest BCUT2D eigenvalue weighted by atomic mass is 9.95. The Morgan fingerprint density at radius 1 is 1.04 bits per heavy atom. The molecule has 0 aliphatic rings. The van der Waals surface area contributed by atoms with Crippen LogP contribution in [0.3, 0.4) is 0 Å². The summed E-state index contributed by atoms with van der Waals surface area (Å²) >= 11 is 0. The number of rotatable bonds is 4. The molecule has 2 aromatic carbocycles. The van der Waals surface area contributed by atoms with Gasteiger partial charge in [0, 0.05) is 11.6 Å². The van der Waals surface area contributed by atoms with Gasteiger partial charge in [0.25, 0.3) is 0 Å². The minimum absolute atomic E-state index is 0.0462. The van der Waals surface area contributed by atoms with Crippen molar-refractivity contribution >= 4 is 22.8 Å². The summed E-state index contributed by atoms with van der Waals surface area (Å²) in [6, 6.07) is 17.1. The van der Waals surface area contributed by atoms with Gasteiger partial charge in [0.15, 0.2) is 0 Å². The number of methoxy groups -OCH3 is 1. The molecule has 0 saturated heterocycles. The minimum atomic E-state index is -0.439. The number of esters is 1. The Labute approximate surface area is 140 Å². The Balaban J connectivity index is 2.11. The van der Waals surface area contributed by atoms with Crippen molar-refractivity contribution in [2.24, 2.45) is 0 Å². The van der Waals surface area contributed by atoms with E-state index in [1.54, 1.807) is 10.8 Å². The molecule has 24 heavy (non-hydrogen) atoms. The molecule has 1 aromatic heterocycles. The summed E-state index contributed by atoms with van der Waals surface area (Å²) in [5, 5.41) is 0.723. The zero-order valence-electron chi connectivity index (χ0n) is 13.7. The van der Waals surface area contributed by atoms with Crippen LogP contribution >= 0.6 is 0 Å². The number of ether oxygens (including phenoxy) is 1.